The molecular formula is C28H24ClN3O2S. The number of para-hydroxylation sites is 1. The van der Waals surface area contributed by atoms with E-state index in [1.54, 1.807) is 11.2 Å². The van der Waals surface area contributed by atoms with Gasteiger partial charge >= 0.3 is 0 Å². The summed E-state index contributed by atoms with van der Waals surface area (Å²) in [5, 5.41) is 1.36. The van der Waals surface area contributed by atoms with Crippen molar-refractivity contribution < 1.29 is 9.21 Å². The zero-order chi connectivity index (χ0) is 24.5. The lowest BCUT2D eigenvalue weighted by Crippen LogP contribution is -2.28. The highest BCUT2D eigenvalue weighted by Gasteiger charge is 2.34. The number of aryl methyl sites for hydroxylation is 1. The van der Waals surface area contributed by atoms with E-state index in [0.717, 1.165) is 38.9 Å². The number of amides is 1. The molecule has 1 saturated heterocycles. The van der Waals surface area contributed by atoms with Crippen LogP contribution >= 0.6 is 23.4 Å². The van der Waals surface area contributed by atoms with E-state index >= 15 is 0 Å². The number of furan rings is 1. The molecule has 0 radical (unpaired) electrons. The van der Waals surface area contributed by atoms with E-state index < -0.39 is 0 Å². The van der Waals surface area contributed by atoms with Crippen molar-refractivity contribution in [2.24, 2.45) is 4.99 Å². The van der Waals surface area contributed by atoms with Crippen LogP contribution in [0.5, 0.6) is 0 Å². The van der Waals surface area contributed by atoms with Crippen molar-refractivity contribution >= 4 is 46.2 Å². The number of carbonyl (C=O) groups excluding carboxylic acids is 1. The molecule has 0 aliphatic carbocycles. The molecule has 1 amide bonds. The first-order valence-corrected chi connectivity index (χ1v) is 12.4. The third-order valence-corrected chi connectivity index (χ3v) is 7.42. The van der Waals surface area contributed by atoms with Crippen molar-refractivity contribution in [3.8, 4) is 5.69 Å². The van der Waals surface area contributed by atoms with Crippen LogP contribution in [-0.4, -0.2) is 20.5 Å². The highest BCUT2D eigenvalue weighted by Crippen LogP contribution is 2.36. The Morgan fingerprint density at radius 3 is 2.57 bits per heavy atom. The third kappa shape index (κ3) is 4.59. The molecule has 7 heteroatoms. The average molecular weight is 502 g/mol. The van der Waals surface area contributed by atoms with E-state index in [9.17, 15) is 4.79 Å². The summed E-state index contributed by atoms with van der Waals surface area (Å²) in [6.45, 7) is 6.46. The lowest BCUT2D eigenvalue weighted by atomic mass is 10.2. The lowest BCUT2D eigenvalue weighted by molar-refractivity contribution is -0.122. The number of aliphatic imine (C=N–C) groups is 1. The molecule has 2 aromatic carbocycles. The van der Waals surface area contributed by atoms with Crippen LogP contribution in [0.2, 0.25) is 5.02 Å². The van der Waals surface area contributed by atoms with Gasteiger partial charge < -0.3 is 8.98 Å². The van der Waals surface area contributed by atoms with E-state index in [4.69, 9.17) is 21.0 Å². The molecule has 0 N–H and O–H groups in total. The summed E-state index contributed by atoms with van der Waals surface area (Å²) in [6.07, 6.45) is 3.56. The first kappa shape index (κ1) is 23.3. The third-order valence-electron chi connectivity index (χ3n) is 6.00. The molecule has 0 spiro atoms. The molecule has 1 fully saturated rings. The molecule has 0 bridgehead atoms. The predicted molar refractivity (Wildman–Crippen MR) is 143 cm³/mol. The van der Waals surface area contributed by atoms with Gasteiger partial charge in [0.25, 0.3) is 5.91 Å². The van der Waals surface area contributed by atoms with Crippen molar-refractivity contribution in [1.29, 1.82) is 0 Å². The van der Waals surface area contributed by atoms with Gasteiger partial charge in [-0.05, 0) is 92.2 Å². The second-order valence-electron chi connectivity index (χ2n) is 8.36. The number of carbonyl (C=O) groups is 1. The molecule has 2 aromatic heterocycles. The fourth-order valence-electron chi connectivity index (χ4n) is 4.19. The van der Waals surface area contributed by atoms with Gasteiger partial charge in [-0.3, -0.25) is 9.69 Å². The summed E-state index contributed by atoms with van der Waals surface area (Å²) in [4.78, 5) is 20.5. The number of hydrogen-bond acceptors (Lipinski definition) is 4. The number of hydrogen-bond donors (Lipinski definition) is 0. The SMILES string of the molecule is Cc1c(Cl)cccc1-n1c(C)cc(/C=C2\SC(=Nc3ccccc3)N(Cc3ccco3)C2=O)c1C. The fourth-order valence-corrected chi connectivity index (χ4v) is 5.34. The molecule has 176 valence electrons. The van der Waals surface area contributed by atoms with Crippen molar-refractivity contribution in [3.63, 3.8) is 0 Å². The summed E-state index contributed by atoms with van der Waals surface area (Å²) in [5.41, 5.74) is 5.94. The maximum Gasteiger partial charge on any atom is 0.267 e. The van der Waals surface area contributed by atoms with Crippen molar-refractivity contribution in [3.05, 3.63) is 111 Å². The minimum Gasteiger partial charge on any atom is -0.467 e. The van der Waals surface area contributed by atoms with Gasteiger partial charge in [0.1, 0.15) is 5.76 Å². The summed E-state index contributed by atoms with van der Waals surface area (Å²) in [6, 6.07) is 21.3. The minimum atomic E-state index is -0.0928. The Kier molecular flexibility index (Phi) is 6.41. The van der Waals surface area contributed by atoms with E-state index in [2.05, 4.69) is 30.5 Å². The normalized spacial score (nSPS) is 16.1. The van der Waals surface area contributed by atoms with Crippen LogP contribution in [0.1, 0.15) is 28.3 Å². The molecule has 3 heterocycles. The molecule has 35 heavy (non-hydrogen) atoms. The summed E-state index contributed by atoms with van der Waals surface area (Å²) in [7, 11) is 0. The van der Waals surface area contributed by atoms with E-state index in [-0.39, 0.29) is 5.91 Å². The van der Waals surface area contributed by atoms with Gasteiger partial charge in [0, 0.05) is 22.1 Å². The second kappa shape index (κ2) is 9.64. The van der Waals surface area contributed by atoms with Crippen molar-refractivity contribution in [2.75, 3.05) is 0 Å². The van der Waals surface area contributed by atoms with Crippen LogP contribution in [0.3, 0.4) is 0 Å². The number of amidine groups is 1. The zero-order valence-electron chi connectivity index (χ0n) is 19.7. The highest BCUT2D eigenvalue weighted by atomic mass is 35.5. The van der Waals surface area contributed by atoms with Gasteiger partial charge in [0.15, 0.2) is 5.17 Å². The van der Waals surface area contributed by atoms with Crippen molar-refractivity contribution in [2.45, 2.75) is 27.3 Å². The highest BCUT2D eigenvalue weighted by molar-refractivity contribution is 8.18. The molecule has 0 unspecified atom stereocenters. The quantitative estimate of drug-likeness (QED) is 0.267. The molecule has 0 atom stereocenters. The summed E-state index contributed by atoms with van der Waals surface area (Å²) in [5.74, 6) is 0.611. The molecule has 5 rings (SSSR count). The fraction of sp³-hybridized carbons (Fsp3) is 0.143. The topological polar surface area (TPSA) is 50.7 Å². The minimum absolute atomic E-state index is 0.0928. The first-order chi connectivity index (χ1) is 16.9. The Morgan fingerprint density at radius 1 is 1.03 bits per heavy atom. The van der Waals surface area contributed by atoms with Crippen LogP contribution in [0, 0.1) is 20.8 Å². The zero-order valence-corrected chi connectivity index (χ0v) is 21.2. The van der Waals surface area contributed by atoms with Crippen LogP contribution in [-0.2, 0) is 11.3 Å². The summed E-state index contributed by atoms with van der Waals surface area (Å²) >= 11 is 7.77. The van der Waals surface area contributed by atoms with E-state index in [0.29, 0.717) is 22.4 Å². The number of rotatable bonds is 5. The van der Waals surface area contributed by atoms with Crippen LogP contribution in [0.25, 0.3) is 11.8 Å². The van der Waals surface area contributed by atoms with E-state index in [1.807, 2.05) is 67.6 Å². The van der Waals surface area contributed by atoms with Gasteiger partial charge in [-0.25, -0.2) is 4.99 Å². The largest absolute Gasteiger partial charge is 0.467 e. The van der Waals surface area contributed by atoms with Crippen molar-refractivity contribution in [1.82, 2.24) is 9.47 Å². The maximum atomic E-state index is 13.5. The first-order valence-electron chi connectivity index (χ1n) is 11.2. The van der Waals surface area contributed by atoms with Crippen LogP contribution < -0.4 is 0 Å². The Morgan fingerprint density at radius 2 is 1.83 bits per heavy atom. The lowest BCUT2D eigenvalue weighted by Gasteiger charge is -2.14. The number of nitrogens with zero attached hydrogens (tertiary/aromatic N) is 3. The Hall–Kier alpha value is -3.48. The van der Waals surface area contributed by atoms with Gasteiger partial charge in [0.2, 0.25) is 0 Å². The smallest absolute Gasteiger partial charge is 0.267 e. The monoisotopic (exact) mass is 501 g/mol. The Balaban J connectivity index is 1.54. The van der Waals surface area contributed by atoms with Crippen LogP contribution in [0.15, 0.2) is 87.3 Å². The standard InChI is InChI=1S/C28H24ClN3O2S/c1-18-15-21(20(3)32(18)25-13-7-12-24(29)19(25)2)16-26-27(33)31(17-23-11-8-14-34-23)28(35-26)30-22-9-5-4-6-10-22/h4-16H,17H2,1-3H3/b26-16-,30-28?. The Labute approximate surface area is 213 Å². The summed E-state index contributed by atoms with van der Waals surface area (Å²) < 4.78 is 7.69. The van der Waals surface area contributed by atoms with Gasteiger partial charge in [-0.2, -0.15) is 0 Å². The molecule has 0 saturated carbocycles. The average Bonchev–Trinajstić information content (AvgIpc) is 3.53. The van der Waals surface area contributed by atoms with Gasteiger partial charge in [0.05, 0.1) is 23.4 Å². The van der Waals surface area contributed by atoms with E-state index in [1.165, 1.54) is 11.8 Å². The maximum absolute atomic E-state index is 13.5. The number of thioether (sulfide) groups is 1. The molecule has 1 aliphatic heterocycles. The predicted octanol–water partition coefficient (Wildman–Crippen LogP) is 7.45. The molecule has 1 aliphatic rings. The Bertz CT molecular complexity index is 1450. The second-order valence-corrected chi connectivity index (χ2v) is 9.77. The number of halogens is 1. The number of aromatic nitrogens is 1. The molecular weight excluding hydrogens is 478 g/mol. The number of benzene rings is 2. The molecule has 5 nitrogen and oxygen atoms in total. The molecule has 4 aromatic rings. The van der Waals surface area contributed by atoms with Gasteiger partial charge in [-0.15, -0.1) is 0 Å². The van der Waals surface area contributed by atoms with Gasteiger partial charge in [-0.1, -0.05) is 35.9 Å². The van der Waals surface area contributed by atoms with Crippen LogP contribution in [0.4, 0.5) is 5.69 Å².